The number of hydrogen-bond donors (Lipinski definition) is 0. The molecule has 1 aromatic heterocycles. The molecule has 8 aromatic carbocycles. The summed E-state index contributed by atoms with van der Waals surface area (Å²) in [6, 6.07) is 66.9. The van der Waals surface area contributed by atoms with Crippen LogP contribution in [-0.4, -0.2) is 15.0 Å². The maximum atomic E-state index is 5.24. The molecule has 0 N–H and O–H groups in total. The van der Waals surface area contributed by atoms with Gasteiger partial charge in [-0.15, -0.1) is 0 Å². The second kappa shape index (κ2) is 12.4. The first-order chi connectivity index (χ1) is 25.8. The van der Waals surface area contributed by atoms with Crippen molar-refractivity contribution in [1.82, 2.24) is 15.0 Å². The van der Waals surface area contributed by atoms with Crippen molar-refractivity contribution in [3.63, 3.8) is 0 Å². The van der Waals surface area contributed by atoms with Crippen LogP contribution in [0.2, 0.25) is 0 Å². The largest absolute Gasteiger partial charge is 0.208 e. The Labute approximate surface area is 306 Å². The third kappa shape index (κ3) is 4.87. The molecule has 244 valence electrons. The molecule has 0 unspecified atom stereocenters. The van der Waals surface area contributed by atoms with Crippen LogP contribution >= 0.6 is 11.8 Å². The van der Waals surface area contributed by atoms with Crippen molar-refractivity contribution in [2.45, 2.75) is 15.2 Å². The molecule has 0 radical (unpaired) electrons. The SMILES string of the molecule is c1ccc(C2(c3ccccc3)c3ccccc3Sc3cc(-c4nc(-c5cccc6ccccc56)nc(-c5cccc6ccccc56)n4)ccc32)cc1. The van der Waals surface area contributed by atoms with Gasteiger partial charge in [0.1, 0.15) is 0 Å². The minimum atomic E-state index is -0.500. The van der Waals surface area contributed by atoms with E-state index in [1.807, 2.05) is 11.8 Å². The predicted octanol–water partition coefficient (Wildman–Crippen LogP) is 12.0. The highest BCUT2D eigenvalue weighted by atomic mass is 32.2. The Balaban J connectivity index is 1.23. The smallest absolute Gasteiger partial charge is 0.164 e. The van der Waals surface area contributed by atoms with E-state index >= 15 is 0 Å². The van der Waals surface area contributed by atoms with Crippen molar-refractivity contribution in [1.29, 1.82) is 0 Å². The van der Waals surface area contributed by atoms with Crippen LogP contribution in [0.3, 0.4) is 0 Å². The molecule has 1 aliphatic rings. The number of fused-ring (bicyclic) bond motifs is 4. The molecule has 0 saturated carbocycles. The third-order valence-corrected chi connectivity index (χ3v) is 11.4. The number of rotatable bonds is 5. The zero-order chi connectivity index (χ0) is 34.5. The van der Waals surface area contributed by atoms with Crippen LogP contribution in [0.4, 0.5) is 0 Å². The lowest BCUT2D eigenvalue weighted by Gasteiger charge is -2.42. The lowest BCUT2D eigenvalue weighted by molar-refractivity contribution is 0.703. The van der Waals surface area contributed by atoms with Crippen LogP contribution in [0.15, 0.2) is 198 Å². The predicted molar refractivity (Wildman–Crippen MR) is 214 cm³/mol. The fourth-order valence-corrected chi connectivity index (χ4v) is 9.17. The quantitative estimate of drug-likeness (QED) is 0.181. The summed E-state index contributed by atoms with van der Waals surface area (Å²) in [6.07, 6.45) is 0. The lowest BCUT2D eigenvalue weighted by atomic mass is 9.64. The topological polar surface area (TPSA) is 38.7 Å². The summed E-state index contributed by atoms with van der Waals surface area (Å²) in [5.74, 6) is 1.96. The van der Waals surface area contributed by atoms with E-state index in [1.54, 1.807) is 0 Å². The van der Waals surface area contributed by atoms with Crippen molar-refractivity contribution < 1.29 is 0 Å². The molecule has 0 spiro atoms. The molecule has 0 fully saturated rings. The second-order valence-electron chi connectivity index (χ2n) is 13.2. The summed E-state index contributed by atoms with van der Waals surface area (Å²) in [4.78, 5) is 18.1. The molecule has 10 rings (SSSR count). The summed E-state index contributed by atoms with van der Waals surface area (Å²) in [6.45, 7) is 0. The fraction of sp³-hybridized carbons (Fsp3) is 0.0208. The van der Waals surface area contributed by atoms with Gasteiger partial charge >= 0.3 is 0 Å². The van der Waals surface area contributed by atoms with Crippen LogP contribution in [0.5, 0.6) is 0 Å². The number of nitrogens with zero attached hydrogens (tertiary/aromatic N) is 3. The summed E-state index contributed by atoms with van der Waals surface area (Å²) in [5.41, 5.74) is 7.42. The summed E-state index contributed by atoms with van der Waals surface area (Å²) >= 11 is 1.82. The van der Waals surface area contributed by atoms with Gasteiger partial charge in [-0.1, -0.05) is 188 Å². The molecule has 2 heterocycles. The molecule has 4 heteroatoms. The zero-order valence-corrected chi connectivity index (χ0v) is 29.0. The molecule has 0 atom stereocenters. The Morgan fingerprint density at radius 3 is 1.46 bits per heavy atom. The summed E-state index contributed by atoms with van der Waals surface area (Å²) < 4.78 is 0. The van der Waals surface area contributed by atoms with Gasteiger partial charge in [-0.3, -0.25) is 0 Å². The van der Waals surface area contributed by atoms with E-state index in [4.69, 9.17) is 15.0 Å². The fourth-order valence-electron chi connectivity index (χ4n) is 7.94. The minimum absolute atomic E-state index is 0.500. The average Bonchev–Trinajstić information content (AvgIpc) is 3.22. The second-order valence-corrected chi connectivity index (χ2v) is 14.2. The Morgan fingerprint density at radius 2 is 0.846 bits per heavy atom. The molecule has 52 heavy (non-hydrogen) atoms. The zero-order valence-electron chi connectivity index (χ0n) is 28.1. The van der Waals surface area contributed by atoms with Crippen LogP contribution in [0, 0.1) is 0 Å². The summed E-state index contributed by atoms with van der Waals surface area (Å²) in [7, 11) is 0. The van der Waals surface area contributed by atoms with Gasteiger partial charge in [-0.2, -0.15) is 0 Å². The molecule has 0 bridgehead atoms. The highest BCUT2D eigenvalue weighted by Crippen LogP contribution is 2.56. The normalized spacial score (nSPS) is 13.1. The molecular weight excluding hydrogens is 651 g/mol. The van der Waals surface area contributed by atoms with Gasteiger partial charge < -0.3 is 0 Å². The van der Waals surface area contributed by atoms with Crippen molar-refractivity contribution in [2.75, 3.05) is 0 Å². The molecular formula is C48H31N3S. The van der Waals surface area contributed by atoms with Gasteiger partial charge in [0.05, 0.1) is 5.41 Å². The van der Waals surface area contributed by atoms with Gasteiger partial charge in [0.2, 0.25) is 0 Å². The van der Waals surface area contributed by atoms with Gasteiger partial charge in [-0.05, 0) is 55.9 Å². The monoisotopic (exact) mass is 681 g/mol. The van der Waals surface area contributed by atoms with Crippen molar-refractivity contribution in [3.05, 3.63) is 210 Å². The molecule has 0 aliphatic carbocycles. The van der Waals surface area contributed by atoms with E-state index in [1.165, 1.54) is 32.0 Å². The minimum Gasteiger partial charge on any atom is -0.208 e. The van der Waals surface area contributed by atoms with Crippen LogP contribution in [-0.2, 0) is 5.41 Å². The van der Waals surface area contributed by atoms with E-state index in [0.29, 0.717) is 17.5 Å². The highest BCUT2D eigenvalue weighted by molar-refractivity contribution is 7.99. The van der Waals surface area contributed by atoms with Gasteiger partial charge in [0, 0.05) is 26.5 Å². The van der Waals surface area contributed by atoms with E-state index in [9.17, 15) is 0 Å². The van der Waals surface area contributed by atoms with Crippen LogP contribution < -0.4 is 0 Å². The van der Waals surface area contributed by atoms with Crippen molar-refractivity contribution in [2.24, 2.45) is 0 Å². The maximum Gasteiger partial charge on any atom is 0.164 e. The first-order valence-electron chi connectivity index (χ1n) is 17.5. The Bertz CT molecular complexity index is 2630. The van der Waals surface area contributed by atoms with Crippen molar-refractivity contribution >= 4 is 33.3 Å². The average molecular weight is 682 g/mol. The summed E-state index contributed by atoms with van der Waals surface area (Å²) in [5, 5.41) is 4.52. The highest BCUT2D eigenvalue weighted by Gasteiger charge is 2.44. The van der Waals surface area contributed by atoms with E-state index in [2.05, 4.69) is 188 Å². The Kier molecular flexibility index (Phi) is 7.29. The number of hydrogen-bond acceptors (Lipinski definition) is 4. The van der Waals surface area contributed by atoms with Crippen LogP contribution in [0.1, 0.15) is 22.3 Å². The number of benzene rings is 8. The van der Waals surface area contributed by atoms with Gasteiger partial charge in [-0.25, -0.2) is 15.0 Å². The molecule has 3 nitrogen and oxygen atoms in total. The Morgan fingerprint density at radius 1 is 0.365 bits per heavy atom. The Hall–Kier alpha value is -6.36. The van der Waals surface area contributed by atoms with E-state index in [-0.39, 0.29) is 0 Å². The maximum absolute atomic E-state index is 5.24. The molecule has 9 aromatic rings. The third-order valence-electron chi connectivity index (χ3n) is 10.3. The molecule has 0 saturated heterocycles. The standard InChI is InChI=1S/C48H31N3S/c1-3-19-35(20-4-1)48(36-21-5-2-6-22-36)41-27-11-12-28-43(41)52-44-31-34(29-30-42(44)48)45-49-46(39-25-13-17-32-15-7-9-23-37(32)39)51-47(50-45)40-26-14-18-33-16-8-10-24-38(33)40/h1-31H. The van der Waals surface area contributed by atoms with Gasteiger partial charge in [0.15, 0.2) is 17.5 Å². The first kappa shape index (κ1) is 30.5. The van der Waals surface area contributed by atoms with Crippen molar-refractivity contribution in [3.8, 4) is 34.2 Å². The van der Waals surface area contributed by atoms with E-state index < -0.39 is 5.41 Å². The van der Waals surface area contributed by atoms with Gasteiger partial charge in [0.25, 0.3) is 0 Å². The first-order valence-corrected chi connectivity index (χ1v) is 18.3. The lowest BCUT2D eigenvalue weighted by Crippen LogP contribution is -2.34. The van der Waals surface area contributed by atoms with Crippen LogP contribution in [0.25, 0.3) is 55.7 Å². The molecule has 0 amide bonds. The number of aromatic nitrogens is 3. The van der Waals surface area contributed by atoms with E-state index in [0.717, 1.165) is 38.2 Å². The molecule has 1 aliphatic heterocycles.